The summed E-state index contributed by atoms with van der Waals surface area (Å²) in [7, 11) is 2.90. The minimum absolute atomic E-state index is 0.0219. The van der Waals surface area contributed by atoms with Gasteiger partial charge < -0.3 is 24.1 Å². The first-order valence-electron chi connectivity index (χ1n) is 6.81. The molecule has 126 valence electrons. The minimum atomic E-state index is -1.09. The molecule has 1 aromatic heterocycles. The van der Waals surface area contributed by atoms with Crippen molar-refractivity contribution in [3.05, 3.63) is 48.2 Å². The summed E-state index contributed by atoms with van der Waals surface area (Å²) in [4.78, 5) is 19.1. The van der Waals surface area contributed by atoms with Crippen molar-refractivity contribution in [1.29, 1.82) is 0 Å². The lowest BCUT2D eigenvalue weighted by molar-refractivity contribution is 0.0692. The average molecular weight is 332 g/mol. The van der Waals surface area contributed by atoms with Crippen molar-refractivity contribution in [1.82, 2.24) is 9.97 Å². The van der Waals surface area contributed by atoms with Gasteiger partial charge in [-0.25, -0.2) is 4.79 Å². The molecule has 0 radical (unpaired) electrons. The van der Waals surface area contributed by atoms with Crippen LogP contribution in [-0.2, 0) is 0 Å². The third-order valence-corrected chi connectivity index (χ3v) is 2.82. The van der Waals surface area contributed by atoms with Crippen LogP contribution in [0.15, 0.2) is 42.7 Å². The predicted octanol–water partition coefficient (Wildman–Crippen LogP) is 2.16. The molecule has 0 aliphatic heterocycles. The number of nitrogens with zero attached hydrogens (tertiary/aromatic N) is 2. The number of hydrogen-bond donors (Lipinski definition) is 1. The molecule has 8 nitrogen and oxygen atoms in total. The van der Waals surface area contributed by atoms with Crippen molar-refractivity contribution >= 4 is 5.97 Å². The number of benzene rings is 1. The van der Waals surface area contributed by atoms with Crippen LogP contribution in [0.4, 0.5) is 0 Å². The van der Waals surface area contributed by atoms with Crippen molar-refractivity contribution in [3.8, 4) is 23.5 Å². The topological polar surface area (TPSA) is 100 Å². The molecule has 1 heterocycles. The van der Waals surface area contributed by atoms with Gasteiger partial charge in [0.25, 0.3) is 0 Å². The number of rotatable bonds is 8. The lowest BCUT2D eigenvalue weighted by atomic mass is 10.2. The summed E-state index contributed by atoms with van der Waals surface area (Å²) < 4.78 is 20.8. The van der Waals surface area contributed by atoms with Gasteiger partial charge in [0.05, 0.1) is 20.3 Å². The largest absolute Gasteiger partial charge is 0.485 e. The second kappa shape index (κ2) is 7.82. The number of ether oxygens (including phenoxy) is 4. The van der Waals surface area contributed by atoms with Crippen LogP contribution in [0.3, 0.4) is 0 Å². The van der Waals surface area contributed by atoms with Gasteiger partial charge in [-0.1, -0.05) is 18.7 Å². The van der Waals surface area contributed by atoms with E-state index in [9.17, 15) is 4.79 Å². The van der Waals surface area contributed by atoms with Gasteiger partial charge in [0.2, 0.25) is 11.8 Å². The van der Waals surface area contributed by atoms with E-state index in [-0.39, 0.29) is 41.4 Å². The Morgan fingerprint density at radius 3 is 2.38 bits per heavy atom. The van der Waals surface area contributed by atoms with E-state index in [0.29, 0.717) is 0 Å². The number of carboxylic acid groups (broad SMARTS) is 1. The number of para-hydroxylation sites is 1. The van der Waals surface area contributed by atoms with Crippen molar-refractivity contribution in [3.63, 3.8) is 0 Å². The number of carboxylic acids is 1. The first-order valence-corrected chi connectivity index (χ1v) is 6.81. The molecule has 0 aliphatic rings. The van der Waals surface area contributed by atoms with E-state index in [2.05, 4.69) is 16.5 Å². The van der Waals surface area contributed by atoms with Crippen LogP contribution < -0.4 is 18.9 Å². The zero-order valence-electron chi connectivity index (χ0n) is 13.2. The monoisotopic (exact) mass is 332 g/mol. The van der Waals surface area contributed by atoms with Gasteiger partial charge >= 0.3 is 12.0 Å². The van der Waals surface area contributed by atoms with Crippen molar-refractivity contribution in [2.45, 2.75) is 0 Å². The second-order valence-electron chi connectivity index (χ2n) is 4.47. The molecule has 8 heteroatoms. The van der Waals surface area contributed by atoms with E-state index in [1.54, 1.807) is 18.2 Å². The summed E-state index contributed by atoms with van der Waals surface area (Å²) in [5, 5.41) is 9.10. The Morgan fingerprint density at radius 1 is 1.17 bits per heavy atom. The molecule has 2 aromatic rings. The summed E-state index contributed by atoms with van der Waals surface area (Å²) >= 11 is 0. The third-order valence-electron chi connectivity index (χ3n) is 2.82. The molecule has 0 saturated heterocycles. The zero-order valence-corrected chi connectivity index (χ0v) is 13.2. The van der Waals surface area contributed by atoms with E-state index < -0.39 is 5.97 Å². The first kappa shape index (κ1) is 17.1. The Morgan fingerprint density at radius 2 is 1.79 bits per heavy atom. The lowest BCUT2D eigenvalue weighted by Crippen LogP contribution is -2.10. The molecule has 0 atom stereocenters. The molecule has 0 amide bonds. The van der Waals surface area contributed by atoms with Crippen LogP contribution >= 0.6 is 0 Å². The molecule has 0 aliphatic carbocycles. The summed E-state index contributed by atoms with van der Waals surface area (Å²) in [5.41, 5.74) is 0.0459. The van der Waals surface area contributed by atoms with Crippen LogP contribution in [0.5, 0.6) is 23.5 Å². The Balaban J connectivity index is 2.03. The van der Waals surface area contributed by atoms with Crippen molar-refractivity contribution < 1.29 is 28.8 Å². The Kier molecular flexibility index (Phi) is 5.56. The Bertz CT molecular complexity index is 725. The molecule has 2 rings (SSSR count). The van der Waals surface area contributed by atoms with Crippen LogP contribution in [-0.4, -0.2) is 41.9 Å². The van der Waals surface area contributed by atoms with Gasteiger partial charge in [-0.05, 0) is 12.1 Å². The lowest BCUT2D eigenvalue weighted by Gasteiger charge is -2.12. The fraction of sp³-hybridized carbons (Fsp3) is 0.188. The maximum atomic E-state index is 11.1. The van der Waals surface area contributed by atoms with Gasteiger partial charge in [0, 0.05) is 0 Å². The van der Waals surface area contributed by atoms with Gasteiger partial charge in [-0.15, -0.1) is 0 Å². The van der Waals surface area contributed by atoms with Crippen LogP contribution in [0.1, 0.15) is 10.4 Å². The minimum Gasteiger partial charge on any atom is -0.485 e. The van der Waals surface area contributed by atoms with Gasteiger partial charge in [0.15, 0.2) is 0 Å². The molecule has 0 fully saturated rings. The van der Waals surface area contributed by atoms with Crippen molar-refractivity contribution in [2.75, 3.05) is 20.8 Å². The number of aromatic carboxylic acids is 1. The SMILES string of the molecule is C=C(COc1ccccc1C(=O)O)Oc1nc(OC)cc(OC)n1. The van der Waals surface area contributed by atoms with E-state index in [4.69, 9.17) is 24.1 Å². The van der Waals surface area contributed by atoms with Gasteiger partial charge in [-0.3, -0.25) is 0 Å². The van der Waals surface area contributed by atoms with Gasteiger partial charge in [-0.2, -0.15) is 9.97 Å². The quantitative estimate of drug-likeness (QED) is 0.734. The predicted molar refractivity (Wildman–Crippen MR) is 83.8 cm³/mol. The standard InChI is InChI=1S/C16H16N2O6/c1-10(9-23-12-7-5-4-6-11(12)15(19)20)24-16-17-13(21-2)8-14(18-16)22-3/h4-8H,1,9H2,2-3H3,(H,19,20). The number of hydrogen-bond acceptors (Lipinski definition) is 7. The Labute approximate surface area is 138 Å². The maximum absolute atomic E-state index is 11.1. The molecular weight excluding hydrogens is 316 g/mol. The highest BCUT2D eigenvalue weighted by atomic mass is 16.5. The van der Waals surface area contributed by atoms with Crippen LogP contribution in [0.2, 0.25) is 0 Å². The normalized spacial score (nSPS) is 9.92. The molecule has 0 spiro atoms. The highest BCUT2D eigenvalue weighted by Gasteiger charge is 2.12. The summed E-state index contributed by atoms with van der Waals surface area (Å²) in [5.74, 6) is -0.161. The molecule has 1 aromatic carbocycles. The number of aromatic nitrogens is 2. The molecule has 0 bridgehead atoms. The number of carbonyl (C=O) groups is 1. The van der Waals surface area contributed by atoms with Crippen LogP contribution in [0, 0.1) is 0 Å². The maximum Gasteiger partial charge on any atom is 0.339 e. The van der Waals surface area contributed by atoms with Gasteiger partial charge in [0.1, 0.15) is 23.7 Å². The fourth-order valence-electron chi connectivity index (χ4n) is 1.72. The summed E-state index contributed by atoms with van der Waals surface area (Å²) in [6.07, 6.45) is 0. The van der Waals surface area contributed by atoms with E-state index in [1.165, 1.54) is 26.4 Å². The molecular formula is C16H16N2O6. The first-order chi connectivity index (χ1) is 11.5. The van der Waals surface area contributed by atoms with E-state index in [1.807, 2.05) is 0 Å². The Hall–Kier alpha value is -3.29. The highest BCUT2D eigenvalue weighted by molar-refractivity contribution is 5.90. The van der Waals surface area contributed by atoms with Crippen molar-refractivity contribution in [2.24, 2.45) is 0 Å². The molecule has 24 heavy (non-hydrogen) atoms. The average Bonchev–Trinajstić information content (AvgIpc) is 2.59. The third kappa shape index (κ3) is 4.35. The summed E-state index contributed by atoms with van der Waals surface area (Å²) in [6.45, 7) is 3.62. The zero-order chi connectivity index (χ0) is 17.5. The molecule has 0 unspecified atom stereocenters. The fourth-order valence-corrected chi connectivity index (χ4v) is 1.72. The summed E-state index contributed by atoms with van der Waals surface area (Å²) in [6, 6.07) is 7.74. The molecule has 1 N–H and O–H groups in total. The smallest absolute Gasteiger partial charge is 0.339 e. The molecule has 0 saturated carbocycles. The highest BCUT2D eigenvalue weighted by Crippen LogP contribution is 2.21. The number of methoxy groups -OCH3 is 2. The second-order valence-corrected chi connectivity index (χ2v) is 4.47. The van der Waals surface area contributed by atoms with Crippen LogP contribution in [0.25, 0.3) is 0 Å². The van der Waals surface area contributed by atoms with E-state index >= 15 is 0 Å². The van der Waals surface area contributed by atoms with E-state index in [0.717, 1.165) is 0 Å².